The third-order valence-electron chi connectivity index (χ3n) is 3.10. The van der Waals surface area contributed by atoms with Crippen molar-refractivity contribution >= 4 is 29.1 Å². The van der Waals surface area contributed by atoms with Gasteiger partial charge in [0.15, 0.2) is 12.3 Å². The molecular formula is C14H19Cl2N2O2+. The molecular weight excluding hydrogens is 299 g/mol. The van der Waals surface area contributed by atoms with Crippen LogP contribution in [0.4, 0.5) is 0 Å². The number of rotatable bonds is 7. The van der Waals surface area contributed by atoms with Gasteiger partial charge in [0.2, 0.25) is 0 Å². The van der Waals surface area contributed by atoms with Crippen molar-refractivity contribution < 1.29 is 14.4 Å². The van der Waals surface area contributed by atoms with E-state index in [2.05, 4.69) is 5.32 Å². The van der Waals surface area contributed by atoms with Crippen LogP contribution in [0.3, 0.4) is 0 Å². The van der Waals surface area contributed by atoms with Crippen molar-refractivity contribution in [3.8, 4) is 5.75 Å². The highest BCUT2D eigenvalue weighted by atomic mass is 35.5. The Hall–Kier alpha value is -0.970. The number of para-hydroxylation sites is 1. The predicted octanol–water partition coefficient (Wildman–Crippen LogP) is 1.17. The summed E-state index contributed by atoms with van der Waals surface area (Å²) in [4.78, 5) is 12.7. The fraction of sp³-hybridized carbons (Fsp3) is 0.500. The van der Waals surface area contributed by atoms with Crippen LogP contribution in [0.25, 0.3) is 0 Å². The lowest BCUT2D eigenvalue weighted by Crippen LogP contribution is -3.10. The average molecular weight is 318 g/mol. The Morgan fingerprint density at radius 3 is 2.65 bits per heavy atom. The van der Waals surface area contributed by atoms with Crippen LogP contribution in [-0.4, -0.2) is 38.7 Å². The van der Waals surface area contributed by atoms with Crippen molar-refractivity contribution in [1.29, 1.82) is 0 Å². The van der Waals surface area contributed by atoms with E-state index in [0.717, 1.165) is 17.7 Å². The minimum absolute atomic E-state index is 0.0979. The molecule has 1 unspecified atom stereocenters. The van der Waals surface area contributed by atoms with Gasteiger partial charge in [0.05, 0.1) is 17.1 Å². The Morgan fingerprint density at radius 2 is 2.05 bits per heavy atom. The highest BCUT2D eigenvalue weighted by Gasteiger charge is 2.24. The standard InChI is InChI=1S/C14H18Cl2N2O2/c1-18(9-13(19)17-10-5-6-10)7-8-20-14-11(15)3-2-4-12(14)16/h2-4,10H,5-9H2,1H3,(H,17,19)/p+1. The maximum atomic E-state index is 11.6. The second-order valence-electron chi connectivity index (χ2n) is 5.12. The molecule has 0 saturated heterocycles. The zero-order valence-corrected chi connectivity index (χ0v) is 12.9. The van der Waals surface area contributed by atoms with E-state index in [1.54, 1.807) is 18.2 Å². The number of quaternary nitrogens is 1. The molecule has 0 spiro atoms. The molecule has 2 N–H and O–H groups in total. The number of carbonyl (C=O) groups excluding carboxylic acids is 1. The van der Waals surface area contributed by atoms with Gasteiger partial charge in [0.25, 0.3) is 5.91 Å². The third-order valence-corrected chi connectivity index (χ3v) is 3.69. The van der Waals surface area contributed by atoms with Gasteiger partial charge in [0, 0.05) is 6.04 Å². The molecule has 0 radical (unpaired) electrons. The predicted molar refractivity (Wildman–Crippen MR) is 79.7 cm³/mol. The SMILES string of the molecule is C[NH+](CCOc1c(Cl)cccc1Cl)CC(=O)NC1CC1. The summed E-state index contributed by atoms with van der Waals surface area (Å²) in [6.07, 6.45) is 2.22. The summed E-state index contributed by atoms with van der Waals surface area (Å²) in [5.41, 5.74) is 0. The van der Waals surface area contributed by atoms with Crippen molar-refractivity contribution in [2.45, 2.75) is 18.9 Å². The largest absolute Gasteiger partial charge is 0.485 e. The molecule has 0 heterocycles. The summed E-state index contributed by atoms with van der Waals surface area (Å²) in [6.45, 7) is 1.63. The fourth-order valence-corrected chi connectivity index (χ4v) is 2.32. The van der Waals surface area contributed by atoms with Gasteiger partial charge in [0.1, 0.15) is 13.2 Å². The molecule has 2 rings (SSSR count). The lowest BCUT2D eigenvalue weighted by Gasteiger charge is -2.15. The quantitative estimate of drug-likeness (QED) is 0.792. The summed E-state index contributed by atoms with van der Waals surface area (Å²) >= 11 is 12.0. The fourth-order valence-electron chi connectivity index (χ4n) is 1.82. The van der Waals surface area contributed by atoms with E-state index in [0.29, 0.717) is 41.5 Å². The molecule has 1 aliphatic rings. The maximum Gasteiger partial charge on any atom is 0.275 e. The smallest absolute Gasteiger partial charge is 0.275 e. The van der Waals surface area contributed by atoms with Gasteiger partial charge in [-0.05, 0) is 25.0 Å². The minimum Gasteiger partial charge on any atom is -0.485 e. The van der Waals surface area contributed by atoms with Gasteiger partial charge >= 0.3 is 0 Å². The van der Waals surface area contributed by atoms with Gasteiger partial charge in [-0.15, -0.1) is 0 Å². The van der Waals surface area contributed by atoms with Gasteiger partial charge in [-0.1, -0.05) is 29.3 Å². The first-order valence-electron chi connectivity index (χ1n) is 6.73. The Bertz CT molecular complexity index is 458. The highest BCUT2D eigenvalue weighted by molar-refractivity contribution is 6.37. The number of carbonyl (C=O) groups is 1. The summed E-state index contributed by atoms with van der Waals surface area (Å²) in [7, 11) is 1.96. The topological polar surface area (TPSA) is 42.8 Å². The molecule has 0 aromatic heterocycles. The highest BCUT2D eigenvalue weighted by Crippen LogP contribution is 2.31. The van der Waals surface area contributed by atoms with Crippen LogP contribution in [0.5, 0.6) is 5.75 Å². The van der Waals surface area contributed by atoms with Crippen molar-refractivity contribution in [2.24, 2.45) is 0 Å². The first-order valence-corrected chi connectivity index (χ1v) is 7.49. The Morgan fingerprint density at radius 1 is 1.40 bits per heavy atom. The van der Waals surface area contributed by atoms with E-state index >= 15 is 0 Å². The molecule has 1 saturated carbocycles. The van der Waals surface area contributed by atoms with Gasteiger partial charge in [-0.2, -0.15) is 0 Å². The molecule has 0 aliphatic heterocycles. The average Bonchev–Trinajstić information content (AvgIpc) is 3.16. The monoisotopic (exact) mass is 317 g/mol. The number of hydrogen-bond acceptors (Lipinski definition) is 2. The molecule has 110 valence electrons. The van der Waals surface area contributed by atoms with E-state index in [9.17, 15) is 4.79 Å². The summed E-state index contributed by atoms with van der Waals surface area (Å²) in [5.74, 6) is 0.604. The third kappa shape index (κ3) is 4.85. The number of benzene rings is 1. The van der Waals surface area contributed by atoms with Gasteiger partial charge in [-0.3, -0.25) is 4.79 Å². The van der Waals surface area contributed by atoms with Crippen molar-refractivity contribution in [2.75, 3.05) is 26.7 Å². The number of amides is 1. The van der Waals surface area contributed by atoms with Crippen LogP contribution in [0.15, 0.2) is 18.2 Å². The first-order chi connectivity index (χ1) is 9.56. The molecule has 1 aromatic carbocycles. The molecule has 20 heavy (non-hydrogen) atoms. The Labute approximate surface area is 129 Å². The Balaban J connectivity index is 1.70. The molecule has 4 nitrogen and oxygen atoms in total. The number of likely N-dealkylation sites (N-methyl/N-ethyl adjacent to an activating group) is 1. The van der Waals surface area contributed by atoms with E-state index < -0.39 is 0 Å². The lowest BCUT2D eigenvalue weighted by molar-refractivity contribution is -0.871. The zero-order valence-electron chi connectivity index (χ0n) is 11.4. The van der Waals surface area contributed by atoms with Crippen LogP contribution < -0.4 is 15.0 Å². The summed E-state index contributed by atoms with van der Waals surface area (Å²) in [5, 5.41) is 3.97. The second-order valence-corrected chi connectivity index (χ2v) is 5.94. The minimum atomic E-state index is 0.0979. The number of hydrogen-bond donors (Lipinski definition) is 2. The molecule has 1 amide bonds. The second kappa shape index (κ2) is 7.16. The number of ether oxygens (including phenoxy) is 1. The Kier molecular flexibility index (Phi) is 5.52. The molecule has 1 aromatic rings. The van der Waals surface area contributed by atoms with Crippen LogP contribution in [-0.2, 0) is 4.79 Å². The lowest BCUT2D eigenvalue weighted by atomic mass is 10.3. The normalized spacial score (nSPS) is 15.8. The molecule has 1 atom stereocenters. The van der Waals surface area contributed by atoms with Crippen LogP contribution in [0, 0.1) is 0 Å². The first kappa shape index (κ1) is 15.4. The van der Waals surface area contributed by atoms with Gasteiger partial charge in [-0.25, -0.2) is 0 Å². The zero-order chi connectivity index (χ0) is 14.5. The van der Waals surface area contributed by atoms with E-state index in [1.165, 1.54) is 0 Å². The van der Waals surface area contributed by atoms with E-state index in [-0.39, 0.29) is 5.91 Å². The molecule has 6 heteroatoms. The molecule has 1 fully saturated rings. The van der Waals surface area contributed by atoms with Crippen molar-refractivity contribution in [1.82, 2.24) is 5.32 Å². The number of halogens is 2. The van der Waals surface area contributed by atoms with Crippen molar-refractivity contribution in [3.05, 3.63) is 28.2 Å². The van der Waals surface area contributed by atoms with Crippen LogP contribution in [0.2, 0.25) is 10.0 Å². The van der Waals surface area contributed by atoms with Gasteiger partial charge < -0.3 is 15.0 Å². The maximum absolute atomic E-state index is 11.6. The van der Waals surface area contributed by atoms with E-state index in [1.807, 2.05) is 7.05 Å². The van der Waals surface area contributed by atoms with Crippen LogP contribution in [0.1, 0.15) is 12.8 Å². The summed E-state index contributed by atoms with van der Waals surface area (Å²) in [6, 6.07) is 5.66. The molecule has 0 bridgehead atoms. The van der Waals surface area contributed by atoms with Crippen LogP contribution >= 0.6 is 23.2 Å². The summed E-state index contributed by atoms with van der Waals surface area (Å²) < 4.78 is 5.60. The van der Waals surface area contributed by atoms with E-state index in [4.69, 9.17) is 27.9 Å². The number of nitrogens with one attached hydrogen (secondary N) is 2. The van der Waals surface area contributed by atoms with Crippen molar-refractivity contribution in [3.63, 3.8) is 0 Å². The molecule has 1 aliphatic carbocycles.